The minimum Gasteiger partial charge on any atom is -0.497 e. The van der Waals surface area contributed by atoms with Crippen LogP contribution in [-0.4, -0.2) is 29.5 Å². The van der Waals surface area contributed by atoms with E-state index in [0.29, 0.717) is 6.54 Å². The number of fused-ring (bicyclic) bond motifs is 1. The Morgan fingerprint density at radius 3 is 2.47 bits per heavy atom. The first kappa shape index (κ1) is 21.1. The van der Waals surface area contributed by atoms with Crippen LogP contribution < -0.4 is 10.1 Å². The number of para-hydroxylation sites is 1. The van der Waals surface area contributed by atoms with Gasteiger partial charge in [0.05, 0.1) is 18.5 Å². The minimum atomic E-state index is -0.454. The smallest absolute Gasteiger partial charge is 0.269 e. The van der Waals surface area contributed by atoms with Gasteiger partial charge in [0.25, 0.3) is 5.69 Å². The third kappa shape index (κ3) is 4.62. The second kappa shape index (κ2) is 9.34. The topological polar surface area (TPSA) is 97.3 Å². The van der Waals surface area contributed by atoms with Gasteiger partial charge in [-0.25, -0.2) is 0 Å². The summed E-state index contributed by atoms with van der Waals surface area (Å²) in [4.78, 5) is 26.3. The van der Waals surface area contributed by atoms with E-state index in [4.69, 9.17) is 4.74 Å². The van der Waals surface area contributed by atoms with Gasteiger partial charge in [-0.05, 0) is 34.9 Å². The highest BCUT2D eigenvalue weighted by Crippen LogP contribution is 2.31. The third-order valence-electron chi connectivity index (χ3n) is 5.53. The molecule has 0 aliphatic carbocycles. The van der Waals surface area contributed by atoms with Crippen molar-refractivity contribution in [3.8, 4) is 5.75 Å². The van der Waals surface area contributed by atoms with E-state index in [-0.39, 0.29) is 23.9 Å². The Bertz CT molecular complexity index is 1230. The van der Waals surface area contributed by atoms with E-state index in [1.165, 1.54) is 12.1 Å². The summed E-state index contributed by atoms with van der Waals surface area (Å²) in [6.07, 6.45) is 2.14. The van der Waals surface area contributed by atoms with Gasteiger partial charge in [-0.2, -0.15) is 0 Å². The number of nitrogens with one attached hydrogen (secondary N) is 2. The zero-order valence-corrected chi connectivity index (χ0v) is 17.6. The van der Waals surface area contributed by atoms with Crippen molar-refractivity contribution >= 4 is 22.5 Å². The molecule has 0 spiro atoms. The van der Waals surface area contributed by atoms with E-state index in [9.17, 15) is 14.9 Å². The van der Waals surface area contributed by atoms with Gasteiger partial charge < -0.3 is 15.0 Å². The maximum Gasteiger partial charge on any atom is 0.269 e. The van der Waals surface area contributed by atoms with Gasteiger partial charge in [-0.15, -0.1) is 0 Å². The van der Waals surface area contributed by atoms with E-state index in [1.807, 2.05) is 48.7 Å². The van der Waals surface area contributed by atoms with Crippen LogP contribution in [-0.2, 0) is 11.2 Å². The molecule has 0 saturated carbocycles. The number of nitrogens with zero attached hydrogens (tertiary/aromatic N) is 1. The predicted molar refractivity (Wildman–Crippen MR) is 123 cm³/mol. The van der Waals surface area contributed by atoms with Gasteiger partial charge in [-0.3, -0.25) is 14.9 Å². The number of carbonyl (C=O) groups excluding carboxylic acids is 1. The fourth-order valence-electron chi connectivity index (χ4n) is 3.83. The average molecular weight is 429 g/mol. The fourth-order valence-corrected chi connectivity index (χ4v) is 3.83. The lowest BCUT2D eigenvalue weighted by Gasteiger charge is -2.19. The lowest BCUT2D eigenvalue weighted by atomic mass is 9.90. The van der Waals surface area contributed by atoms with Crippen molar-refractivity contribution in [1.82, 2.24) is 10.3 Å². The van der Waals surface area contributed by atoms with Crippen LogP contribution in [0.2, 0.25) is 0 Å². The second-order valence-corrected chi connectivity index (χ2v) is 7.52. The summed E-state index contributed by atoms with van der Waals surface area (Å²) in [7, 11) is 1.63. The summed E-state index contributed by atoms with van der Waals surface area (Å²) in [5.41, 5.74) is 3.93. The Morgan fingerprint density at radius 2 is 1.78 bits per heavy atom. The summed E-state index contributed by atoms with van der Waals surface area (Å²) >= 11 is 0. The van der Waals surface area contributed by atoms with E-state index in [1.54, 1.807) is 19.2 Å². The Balaban J connectivity index is 1.53. The Kier molecular flexibility index (Phi) is 6.17. The van der Waals surface area contributed by atoms with Crippen molar-refractivity contribution in [1.29, 1.82) is 0 Å². The summed E-state index contributed by atoms with van der Waals surface area (Å²) in [5.74, 6) is 0.573. The maximum absolute atomic E-state index is 12.6. The second-order valence-electron chi connectivity index (χ2n) is 7.52. The number of benzene rings is 3. The first-order chi connectivity index (χ1) is 15.5. The van der Waals surface area contributed by atoms with Crippen molar-refractivity contribution < 1.29 is 14.5 Å². The first-order valence-electron chi connectivity index (χ1n) is 10.2. The first-order valence-corrected chi connectivity index (χ1v) is 10.2. The highest BCUT2D eigenvalue weighted by atomic mass is 16.6. The molecule has 4 aromatic rings. The molecule has 1 amide bonds. The fraction of sp³-hybridized carbons (Fsp3) is 0.160. The molecule has 0 bridgehead atoms. The minimum absolute atomic E-state index is 0.00747. The molecule has 162 valence electrons. The molecule has 1 aromatic heterocycles. The zero-order chi connectivity index (χ0) is 22.5. The van der Waals surface area contributed by atoms with Crippen LogP contribution in [0, 0.1) is 10.1 Å². The zero-order valence-electron chi connectivity index (χ0n) is 17.6. The van der Waals surface area contributed by atoms with E-state index in [0.717, 1.165) is 33.3 Å². The number of nitro benzene ring substituents is 1. The number of H-pyrrole nitrogens is 1. The number of methoxy groups -OCH3 is 1. The number of amides is 1. The number of rotatable bonds is 8. The van der Waals surface area contributed by atoms with Crippen molar-refractivity contribution in [3.63, 3.8) is 0 Å². The lowest BCUT2D eigenvalue weighted by Crippen LogP contribution is -2.30. The SMILES string of the molecule is COc1ccc(C(CNC(=O)Cc2ccc([N+](=O)[O-])cc2)c2c[nH]c3ccccc23)cc1. The number of non-ortho nitro benzene ring substituents is 1. The Hall–Kier alpha value is -4.13. The Morgan fingerprint density at radius 1 is 1.06 bits per heavy atom. The molecule has 0 fully saturated rings. The van der Waals surface area contributed by atoms with Gasteiger partial charge in [0, 0.05) is 41.7 Å². The highest BCUT2D eigenvalue weighted by Gasteiger charge is 2.19. The summed E-state index contributed by atoms with van der Waals surface area (Å²) in [6.45, 7) is 0.417. The van der Waals surface area contributed by atoms with Gasteiger partial charge in [-0.1, -0.05) is 42.5 Å². The summed E-state index contributed by atoms with van der Waals surface area (Å²) in [6, 6.07) is 22.0. The molecule has 4 rings (SSSR count). The molecule has 1 atom stereocenters. The molecule has 3 aromatic carbocycles. The van der Waals surface area contributed by atoms with E-state index in [2.05, 4.69) is 16.4 Å². The van der Waals surface area contributed by atoms with Crippen LogP contribution in [0.1, 0.15) is 22.6 Å². The summed E-state index contributed by atoms with van der Waals surface area (Å²) in [5, 5.41) is 14.9. The maximum atomic E-state index is 12.6. The molecule has 1 heterocycles. The quantitative estimate of drug-likeness (QED) is 0.317. The van der Waals surface area contributed by atoms with E-state index < -0.39 is 4.92 Å². The average Bonchev–Trinajstić information content (AvgIpc) is 3.24. The molecule has 1 unspecified atom stereocenters. The number of aromatic amines is 1. The largest absolute Gasteiger partial charge is 0.497 e. The van der Waals surface area contributed by atoms with Crippen LogP contribution >= 0.6 is 0 Å². The molecule has 7 nitrogen and oxygen atoms in total. The van der Waals surface area contributed by atoms with Crippen molar-refractivity contribution in [3.05, 3.63) is 106 Å². The van der Waals surface area contributed by atoms with Crippen molar-refractivity contribution in [2.45, 2.75) is 12.3 Å². The van der Waals surface area contributed by atoms with Crippen LogP contribution in [0.25, 0.3) is 10.9 Å². The number of hydrogen-bond donors (Lipinski definition) is 2. The van der Waals surface area contributed by atoms with Crippen LogP contribution in [0.15, 0.2) is 79.0 Å². The molecule has 0 aliphatic rings. The number of aromatic nitrogens is 1. The number of hydrogen-bond acceptors (Lipinski definition) is 4. The number of ether oxygens (including phenoxy) is 1. The predicted octanol–water partition coefficient (Wildman–Crippen LogP) is 4.58. The van der Waals surface area contributed by atoms with Gasteiger partial charge in [0.15, 0.2) is 0 Å². The van der Waals surface area contributed by atoms with Crippen molar-refractivity contribution in [2.75, 3.05) is 13.7 Å². The van der Waals surface area contributed by atoms with E-state index >= 15 is 0 Å². The lowest BCUT2D eigenvalue weighted by molar-refractivity contribution is -0.384. The molecular formula is C25H23N3O4. The van der Waals surface area contributed by atoms with Gasteiger partial charge >= 0.3 is 0 Å². The molecule has 2 N–H and O–H groups in total. The van der Waals surface area contributed by atoms with Crippen molar-refractivity contribution in [2.24, 2.45) is 0 Å². The Labute approximate surface area is 185 Å². The highest BCUT2D eigenvalue weighted by molar-refractivity contribution is 5.84. The monoisotopic (exact) mass is 429 g/mol. The number of carbonyl (C=O) groups is 1. The molecular weight excluding hydrogens is 406 g/mol. The standard InChI is InChI=1S/C25H23N3O4/c1-32-20-12-8-18(9-13-20)22(23-16-26-24-5-3-2-4-21(23)24)15-27-25(29)14-17-6-10-19(11-7-17)28(30)31/h2-13,16,22,26H,14-15H2,1H3,(H,27,29). The third-order valence-corrected chi connectivity index (χ3v) is 5.53. The number of nitro groups is 1. The molecule has 0 aliphatic heterocycles. The van der Waals surface area contributed by atoms with Crippen LogP contribution in [0.5, 0.6) is 5.75 Å². The molecule has 0 saturated heterocycles. The molecule has 32 heavy (non-hydrogen) atoms. The van der Waals surface area contributed by atoms with Crippen LogP contribution in [0.4, 0.5) is 5.69 Å². The normalized spacial score (nSPS) is 11.8. The molecule has 7 heteroatoms. The van der Waals surface area contributed by atoms with Crippen LogP contribution in [0.3, 0.4) is 0 Å². The molecule has 0 radical (unpaired) electrons. The van der Waals surface area contributed by atoms with Gasteiger partial charge in [0.2, 0.25) is 5.91 Å². The van der Waals surface area contributed by atoms with Gasteiger partial charge in [0.1, 0.15) is 5.75 Å². The summed E-state index contributed by atoms with van der Waals surface area (Å²) < 4.78 is 5.28.